The van der Waals surface area contributed by atoms with E-state index in [1.165, 1.54) is 19.1 Å². The predicted octanol–water partition coefficient (Wildman–Crippen LogP) is 3.49. The van der Waals surface area contributed by atoms with E-state index >= 15 is 0 Å². The number of nitrogens with one attached hydrogen (secondary N) is 1. The molecule has 0 heterocycles. The van der Waals surface area contributed by atoms with Crippen LogP contribution in [-0.4, -0.2) is 28.9 Å². The minimum Gasteiger partial charge on any atom is -0.449 e. The van der Waals surface area contributed by atoms with E-state index in [4.69, 9.17) is 16.3 Å². The number of esters is 1. The molecule has 1 amide bonds. The van der Waals surface area contributed by atoms with Crippen molar-refractivity contribution in [2.24, 2.45) is 5.92 Å². The predicted molar refractivity (Wildman–Crippen MR) is 92.5 cm³/mol. The SMILES string of the molecule is C[C@@H]1CCCC[C@@H]1NC(=O)[C@@H](C)OC(=O)c1ccc(Cl)c([N+](=O)[O-])c1. The van der Waals surface area contributed by atoms with Crippen LogP contribution in [0.25, 0.3) is 0 Å². The first-order valence-electron chi connectivity index (χ1n) is 8.25. The van der Waals surface area contributed by atoms with Crippen LogP contribution in [0, 0.1) is 16.0 Å². The number of nitrogens with zero attached hydrogens (tertiary/aromatic N) is 1. The molecule has 1 N–H and O–H groups in total. The first-order valence-corrected chi connectivity index (χ1v) is 8.62. The second-order valence-corrected chi connectivity index (χ2v) is 6.75. The fraction of sp³-hybridized carbons (Fsp3) is 0.529. The lowest BCUT2D eigenvalue weighted by atomic mass is 9.86. The second kappa shape index (κ2) is 8.29. The summed E-state index contributed by atoms with van der Waals surface area (Å²) in [5.74, 6) is -0.783. The van der Waals surface area contributed by atoms with Gasteiger partial charge in [-0.25, -0.2) is 4.79 Å². The fourth-order valence-electron chi connectivity index (χ4n) is 2.89. The highest BCUT2D eigenvalue weighted by Crippen LogP contribution is 2.26. The molecule has 0 aromatic heterocycles. The Hall–Kier alpha value is -2.15. The lowest BCUT2D eigenvalue weighted by molar-refractivity contribution is -0.384. The van der Waals surface area contributed by atoms with Gasteiger partial charge in [-0.05, 0) is 37.8 Å². The molecule has 25 heavy (non-hydrogen) atoms. The third-order valence-electron chi connectivity index (χ3n) is 4.47. The van der Waals surface area contributed by atoms with Gasteiger partial charge in [-0.15, -0.1) is 0 Å². The summed E-state index contributed by atoms with van der Waals surface area (Å²) in [6.45, 7) is 3.57. The largest absolute Gasteiger partial charge is 0.449 e. The molecule has 0 radical (unpaired) electrons. The van der Waals surface area contributed by atoms with E-state index in [1.54, 1.807) is 0 Å². The van der Waals surface area contributed by atoms with Crippen molar-refractivity contribution in [1.29, 1.82) is 0 Å². The molecule has 136 valence electrons. The van der Waals surface area contributed by atoms with E-state index in [0.717, 1.165) is 31.7 Å². The lowest BCUT2D eigenvalue weighted by Crippen LogP contribution is -2.45. The maximum absolute atomic E-state index is 12.2. The lowest BCUT2D eigenvalue weighted by Gasteiger charge is -2.30. The van der Waals surface area contributed by atoms with Crippen molar-refractivity contribution in [1.82, 2.24) is 5.32 Å². The molecule has 1 aromatic rings. The summed E-state index contributed by atoms with van der Waals surface area (Å²) >= 11 is 5.72. The molecule has 0 saturated heterocycles. The minimum absolute atomic E-state index is 0.0261. The molecule has 1 aromatic carbocycles. The van der Waals surface area contributed by atoms with Gasteiger partial charge in [0.25, 0.3) is 11.6 Å². The molecule has 3 atom stereocenters. The topological polar surface area (TPSA) is 98.5 Å². The van der Waals surface area contributed by atoms with E-state index < -0.39 is 17.0 Å². The van der Waals surface area contributed by atoms with Crippen LogP contribution in [0.15, 0.2) is 18.2 Å². The van der Waals surface area contributed by atoms with Crippen LogP contribution in [0.4, 0.5) is 5.69 Å². The molecule has 1 aliphatic rings. The summed E-state index contributed by atoms with van der Waals surface area (Å²) < 4.78 is 5.13. The number of amides is 1. The van der Waals surface area contributed by atoms with E-state index in [0.29, 0.717) is 5.92 Å². The highest BCUT2D eigenvalue weighted by atomic mass is 35.5. The van der Waals surface area contributed by atoms with E-state index in [2.05, 4.69) is 12.2 Å². The van der Waals surface area contributed by atoms with Crippen molar-refractivity contribution in [2.75, 3.05) is 0 Å². The van der Waals surface area contributed by atoms with Crippen LogP contribution in [0.5, 0.6) is 0 Å². The van der Waals surface area contributed by atoms with Gasteiger partial charge in [0, 0.05) is 12.1 Å². The standard InChI is InChI=1S/C17H21ClN2O5/c1-10-5-3-4-6-14(10)19-16(21)11(2)25-17(22)12-7-8-13(18)15(9-12)20(23)24/h7-11,14H,3-6H2,1-2H3,(H,19,21)/t10-,11-,14+/m1/s1. The summed E-state index contributed by atoms with van der Waals surface area (Å²) in [6, 6.07) is 3.70. The zero-order chi connectivity index (χ0) is 18.6. The second-order valence-electron chi connectivity index (χ2n) is 6.35. The van der Waals surface area contributed by atoms with Crippen molar-refractivity contribution in [2.45, 2.75) is 51.7 Å². The third kappa shape index (κ3) is 4.92. The van der Waals surface area contributed by atoms with Gasteiger partial charge in [-0.3, -0.25) is 14.9 Å². The highest BCUT2D eigenvalue weighted by Gasteiger charge is 2.27. The van der Waals surface area contributed by atoms with Crippen LogP contribution in [0.1, 0.15) is 49.9 Å². The monoisotopic (exact) mass is 368 g/mol. The molecule has 0 aliphatic heterocycles. The van der Waals surface area contributed by atoms with Crippen molar-refractivity contribution >= 4 is 29.2 Å². The van der Waals surface area contributed by atoms with Gasteiger partial charge in [0.1, 0.15) is 5.02 Å². The number of carbonyl (C=O) groups excluding carboxylic acids is 2. The fourth-order valence-corrected chi connectivity index (χ4v) is 3.08. The molecule has 0 spiro atoms. The molecule has 2 rings (SSSR count). The van der Waals surface area contributed by atoms with E-state index in [9.17, 15) is 19.7 Å². The van der Waals surface area contributed by atoms with Crippen LogP contribution in [0.3, 0.4) is 0 Å². The van der Waals surface area contributed by atoms with Crippen molar-refractivity contribution < 1.29 is 19.2 Å². The Morgan fingerprint density at radius 1 is 1.36 bits per heavy atom. The summed E-state index contributed by atoms with van der Waals surface area (Å²) in [5.41, 5.74) is -0.411. The Bertz CT molecular complexity index is 679. The van der Waals surface area contributed by atoms with Crippen LogP contribution in [0.2, 0.25) is 5.02 Å². The minimum atomic E-state index is -0.989. The van der Waals surface area contributed by atoms with Crippen molar-refractivity contribution in [3.05, 3.63) is 38.9 Å². The molecule has 1 aliphatic carbocycles. The molecular formula is C17H21ClN2O5. The summed E-state index contributed by atoms with van der Waals surface area (Å²) in [5, 5.41) is 13.7. The zero-order valence-electron chi connectivity index (χ0n) is 14.2. The Labute approximate surface area is 150 Å². The quantitative estimate of drug-likeness (QED) is 0.487. The van der Waals surface area contributed by atoms with E-state index in [-0.39, 0.29) is 28.2 Å². The smallest absolute Gasteiger partial charge is 0.339 e. The van der Waals surface area contributed by atoms with Gasteiger partial charge in [-0.1, -0.05) is 31.4 Å². The number of hydrogen-bond donors (Lipinski definition) is 1. The van der Waals surface area contributed by atoms with Gasteiger partial charge in [0.2, 0.25) is 0 Å². The third-order valence-corrected chi connectivity index (χ3v) is 4.79. The Morgan fingerprint density at radius 3 is 2.68 bits per heavy atom. The molecule has 0 unspecified atom stereocenters. The van der Waals surface area contributed by atoms with Gasteiger partial charge < -0.3 is 10.1 Å². The molecule has 7 nitrogen and oxygen atoms in total. The number of hydrogen-bond acceptors (Lipinski definition) is 5. The summed E-state index contributed by atoms with van der Waals surface area (Å²) in [7, 11) is 0. The van der Waals surface area contributed by atoms with Crippen molar-refractivity contribution in [3.8, 4) is 0 Å². The average Bonchev–Trinajstić information content (AvgIpc) is 2.56. The van der Waals surface area contributed by atoms with Crippen LogP contribution in [-0.2, 0) is 9.53 Å². The van der Waals surface area contributed by atoms with Gasteiger partial charge in [0.05, 0.1) is 10.5 Å². The molecular weight excluding hydrogens is 348 g/mol. The number of ether oxygens (including phenoxy) is 1. The molecule has 1 saturated carbocycles. The summed E-state index contributed by atoms with van der Waals surface area (Å²) in [4.78, 5) is 34.6. The zero-order valence-corrected chi connectivity index (χ0v) is 14.9. The highest BCUT2D eigenvalue weighted by molar-refractivity contribution is 6.32. The average molecular weight is 369 g/mol. The van der Waals surface area contributed by atoms with E-state index in [1.807, 2.05) is 0 Å². The molecule has 1 fully saturated rings. The molecule has 0 bridgehead atoms. The van der Waals surface area contributed by atoms with Gasteiger partial charge in [0.15, 0.2) is 6.10 Å². The normalized spacial score (nSPS) is 21.2. The Kier molecular flexibility index (Phi) is 6.36. The number of carbonyl (C=O) groups is 2. The maximum atomic E-state index is 12.2. The van der Waals surface area contributed by atoms with Crippen molar-refractivity contribution in [3.63, 3.8) is 0 Å². The van der Waals surface area contributed by atoms with Gasteiger partial charge in [-0.2, -0.15) is 0 Å². The number of nitro groups is 1. The molecule has 8 heteroatoms. The first kappa shape index (κ1) is 19.2. The number of benzene rings is 1. The number of halogens is 1. The first-order chi connectivity index (χ1) is 11.8. The van der Waals surface area contributed by atoms with Crippen LogP contribution >= 0.6 is 11.6 Å². The Morgan fingerprint density at radius 2 is 2.04 bits per heavy atom. The Balaban J connectivity index is 1.98. The van der Waals surface area contributed by atoms with Crippen LogP contribution < -0.4 is 5.32 Å². The maximum Gasteiger partial charge on any atom is 0.339 e. The number of nitro benzene ring substituents is 1. The number of rotatable bonds is 5. The summed E-state index contributed by atoms with van der Waals surface area (Å²) in [6.07, 6.45) is 3.21. The van der Waals surface area contributed by atoms with Gasteiger partial charge >= 0.3 is 5.97 Å².